The largest absolute Gasteiger partial charge is 0.354 e. The molecule has 152 valence electrons. The fraction of sp³-hybridized carbons (Fsp3) is 0.0400. The van der Waals surface area contributed by atoms with Gasteiger partial charge in [-0.2, -0.15) is 5.26 Å². The Morgan fingerprint density at radius 2 is 1.71 bits per heavy atom. The highest BCUT2D eigenvalue weighted by Crippen LogP contribution is 2.36. The van der Waals surface area contributed by atoms with Crippen LogP contribution in [0.5, 0.6) is 0 Å². The summed E-state index contributed by atoms with van der Waals surface area (Å²) >= 11 is 4.82. The van der Waals surface area contributed by atoms with Crippen LogP contribution in [-0.4, -0.2) is 10.9 Å². The summed E-state index contributed by atoms with van der Waals surface area (Å²) < 4.78 is 0.982. The van der Waals surface area contributed by atoms with Gasteiger partial charge in [0.2, 0.25) is 0 Å². The summed E-state index contributed by atoms with van der Waals surface area (Å²) in [6.07, 6.45) is 1.84. The van der Waals surface area contributed by atoms with Crippen molar-refractivity contribution in [2.75, 3.05) is 0 Å². The van der Waals surface area contributed by atoms with Gasteiger partial charge >= 0.3 is 0 Å². The molecule has 0 saturated heterocycles. The second-order valence-electron chi connectivity index (χ2n) is 6.79. The van der Waals surface area contributed by atoms with Gasteiger partial charge in [0.05, 0.1) is 16.2 Å². The molecule has 0 aliphatic rings. The Bertz CT molecular complexity index is 1240. The minimum absolute atomic E-state index is 0.148. The molecule has 6 heteroatoms. The zero-order valence-corrected chi connectivity index (χ0v) is 18.8. The fourth-order valence-corrected chi connectivity index (χ4v) is 4.46. The van der Waals surface area contributed by atoms with E-state index in [9.17, 15) is 10.1 Å². The maximum Gasteiger partial charge on any atom is 0.252 e. The van der Waals surface area contributed by atoms with E-state index in [-0.39, 0.29) is 5.91 Å². The zero-order valence-electron chi connectivity index (χ0n) is 16.4. The van der Waals surface area contributed by atoms with E-state index in [1.165, 1.54) is 11.8 Å². The summed E-state index contributed by atoms with van der Waals surface area (Å²) in [5.41, 5.74) is 3.97. The van der Waals surface area contributed by atoms with E-state index in [1.807, 2.05) is 79.0 Å². The molecule has 1 aromatic heterocycles. The quantitative estimate of drug-likeness (QED) is 0.330. The summed E-state index contributed by atoms with van der Waals surface area (Å²) in [5.74, 6) is -0.148. The number of benzene rings is 3. The smallest absolute Gasteiger partial charge is 0.252 e. The first-order chi connectivity index (χ1) is 15.2. The number of nitrogens with zero attached hydrogens (tertiary/aromatic N) is 1. The Labute approximate surface area is 193 Å². The third kappa shape index (κ3) is 4.91. The van der Waals surface area contributed by atoms with Crippen molar-refractivity contribution in [2.45, 2.75) is 16.5 Å². The standard InChI is InChI=1S/C25H18BrN3OS/c26-19-12-10-18(11-13-19)22-16-29-25(21(22)14-27)31-23-9-5-4-8-20(23)24(30)28-15-17-6-2-1-3-7-17/h1-13,16,29H,15H2,(H,28,30). The number of hydrogen-bond donors (Lipinski definition) is 2. The van der Waals surface area contributed by atoms with Crippen molar-refractivity contribution in [2.24, 2.45) is 0 Å². The van der Waals surface area contributed by atoms with Gasteiger partial charge in [0.15, 0.2) is 0 Å². The first-order valence-electron chi connectivity index (χ1n) is 9.62. The summed E-state index contributed by atoms with van der Waals surface area (Å²) in [7, 11) is 0. The maximum atomic E-state index is 12.8. The molecule has 0 fully saturated rings. The van der Waals surface area contributed by atoms with Gasteiger partial charge in [0, 0.05) is 27.7 Å². The highest BCUT2D eigenvalue weighted by Gasteiger charge is 2.17. The Kier molecular flexibility index (Phi) is 6.56. The number of hydrogen-bond acceptors (Lipinski definition) is 3. The van der Waals surface area contributed by atoms with Gasteiger partial charge in [-0.25, -0.2) is 0 Å². The highest BCUT2D eigenvalue weighted by molar-refractivity contribution is 9.10. The molecule has 31 heavy (non-hydrogen) atoms. The lowest BCUT2D eigenvalue weighted by Crippen LogP contribution is -2.23. The Hall–Kier alpha value is -3.27. The number of rotatable bonds is 6. The van der Waals surface area contributed by atoms with Crippen LogP contribution in [0.4, 0.5) is 0 Å². The number of carbonyl (C=O) groups excluding carboxylic acids is 1. The first kappa shape index (κ1) is 21.0. The van der Waals surface area contributed by atoms with Gasteiger partial charge in [-0.1, -0.05) is 82.3 Å². The van der Waals surface area contributed by atoms with Crippen LogP contribution in [0.25, 0.3) is 11.1 Å². The third-order valence-electron chi connectivity index (χ3n) is 4.75. The molecular weight excluding hydrogens is 470 g/mol. The monoisotopic (exact) mass is 487 g/mol. The molecule has 1 amide bonds. The number of aromatic nitrogens is 1. The molecule has 1 heterocycles. The average molecular weight is 488 g/mol. The number of halogens is 1. The molecule has 4 nitrogen and oxygen atoms in total. The van der Waals surface area contributed by atoms with Crippen molar-refractivity contribution in [1.82, 2.24) is 10.3 Å². The molecule has 2 N–H and O–H groups in total. The number of nitrogens with one attached hydrogen (secondary N) is 2. The number of carbonyl (C=O) groups is 1. The summed E-state index contributed by atoms with van der Waals surface area (Å²) in [6.45, 7) is 0.457. The lowest BCUT2D eigenvalue weighted by atomic mass is 10.1. The topological polar surface area (TPSA) is 68.7 Å². The molecule has 0 spiro atoms. The summed E-state index contributed by atoms with van der Waals surface area (Å²) in [4.78, 5) is 16.8. The molecule has 3 aromatic carbocycles. The second kappa shape index (κ2) is 9.69. The van der Waals surface area contributed by atoms with Gasteiger partial charge in [-0.05, 0) is 35.4 Å². The van der Waals surface area contributed by atoms with E-state index in [2.05, 4.69) is 32.3 Å². The Balaban J connectivity index is 1.57. The molecule has 0 unspecified atom stereocenters. The minimum atomic E-state index is -0.148. The van der Waals surface area contributed by atoms with Gasteiger partial charge in [0.1, 0.15) is 6.07 Å². The van der Waals surface area contributed by atoms with E-state index >= 15 is 0 Å². The molecule has 4 aromatic rings. The second-order valence-corrected chi connectivity index (χ2v) is 8.76. The van der Waals surface area contributed by atoms with Gasteiger partial charge in [-0.15, -0.1) is 0 Å². The molecular formula is C25H18BrN3OS. The number of aromatic amines is 1. The maximum absolute atomic E-state index is 12.8. The molecule has 0 radical (unpaired) electrons. The van der Waals surface area contributed by atoms with E-state index < -0.39 is 0 Å². The zero-order chi connectivity index (χ0) is 21.6. The van der Waals surface area contributed by atoms with Crippen molar-refractivity contribution >= 4 is 33.6 Å². The number of H-pyrrole nitrogens is 1. The van der Waals surface area contributed by atoms with Crippen LogP contribution in [0.15, 0.2) is 99.5 Å². The van der Waals surface area contributed by atoms with Crippen LogP contribution in [-0.2, 0) is 6.54 Å². The SMILES string of the molecule is N#Cc1c(-c2ccc(Br)cc2)c[nH]c1Sc1ccccc1C(=O)NCc1ccccc1. The van der Waals surface area contributed by atoms with E-state index in [1.54, 1.807) is 6.07 Å². The van der Waals surface area contributed by atoms with Crippen LogP contribution in [0.2, 0.25) is 0 Å². The lowest BCUT2D eigenvalue weighted by Gasteiger charge is -2.10. The molecule has 0 aliphatic carbocycles. The minimum Gasteiger partial charge on any atom is -0.354 e. The van der Waals surface area contributed by atoms with E-state index in [0.29, 0.717) is 22.7 Å². The fourth-order valence-electron chi connectivity index (χ4n) is 3.18. The van der Waals surface area contributed by atoms with Gasteiger partial charge < -0.3 is 10.3 Å². The molecule has 0 saturated carbocycles. The molecule has 4 rings (SSSR count). The number of nitriles is 1. The highest BCUT2D eigenvalue weighted by atomic mass is 79.9. The van der Waals surface area contributed by atoms with Gasteiger partial charge in [0.25, 0.3) is 5.91 Å². The molecule has 0 atom stereocenters. The summed E-state index contributed by atoms with van der Waals surface area (Å²) in [5, 5.41) is 13.5. The number of amides is 1. The van der Waals surface area contributed by atoms with Crippen LogP contribution in [0.3, 0.4) is 0 Å². The predicted molar refractivity (Wildman–Crippen MR) is 127 cm³/mol. The summed E-state index contributed by atoms with van der Waals surface area (Å²) in [6, 6.07) is 27.3. The van der Waals surface area contributed by atoms with Crippen LogP contribution in [0, 0.1) is 11.3 Å². The van der Waals surface area contributed by atoms with E-state index in [0.717, 1.165) is 26.1 Å². The van der Waals surface area contributed by atoms with Crippen molar-refractivity contribution < 1.29 is 4.79 Å². The Morgan fingerprint density at radius 3 is 2.45 bits per heavy atom. The predicted octanol–water partition coefficient (Wildman–Crippen LogP) is 6.40. The van der Waals surface area contributed by atoms with Crippen molar-refractivity contribution in [3.63, 3.8) is 0 Å². The van der Waals surface area contributed by atoms with Gasteiger partial charge in [-0.3, -0.25) is 4.79 Å². The Morgan fingerprint density at radius 1 is 1.00 bits per heavy atom. The van der Waals surface area contributed by atoms with E-state index in [4.69, 9.17) is 0 Å². The van der Waals surface area contributed by atoms with Crippen LogP contribution >= 0.6 is 27.7 Å². The molecule has 0 bridgehead atoms. The average Bonchev–Trinajstić information content (AvgIpc) is 3.21. The van der Waals surface area contributed by atoms with Crippen LogP contribution in [0.1, 0.15) is 21.5 Å². The normalized spacial score (nSPS) is 10.5. The lowest BCUT2D eigenvalue weighted by molar-refractivity contribution is 0.0948. The van der Waals surface area contributed by atoms with Crippen molar-refractivity contribution in [3.05, 3.63) is 106 Å². The van der Waals surface area contributed by atoms with Crippen molar-refractivity contribution in [1.29, 1.82) is 5.26 Å². The first-order valence-corrected chi connectivity index (χ1v) is 11.2. The van der Waals surface area contributed by atoms with Crippen molar-refractivity contribution in [3.8, 4) is 17.2 Å². The van der Waals surface area contributed by atoms with Crippen LogP contribution < -0.4 is 5.32 Å². The third-order valence-corrected chi connectivity index (χ3v) is 6.38. The molecule has 0 aliphatic heterocycles.